The lowest BCUT2D eigenvalue weighted by atomic mass is 10.1. The molecule has 144 valence electrons. The molecule has 1 aliphatic heterocycles. The van der Waals surface area contributed by atoms with Crippen LogP contribution in [0.4, 0.5) is 11.5 Å². The number of anilines is 2. The molecule has 27 heavy (non-hydrogen) atoms. The van der Waals surface area contributed by atoms with Crippen molar-refractivity contribution in [2.24, 2.45) is 0 Å². The largest absolute Gasteiger partial charge is 0.378 e. The second-order valence-electron chi connectivity index (χ2n) is 6.51. The van der Waals surface area contributed by atoms with Crippen molar-refractivity contribution in [3.8, 4) is 0 Å². The molecule has 1 aromatic carbocycles. The molecule has 0 spiro atoms. The molecule has 0 aliphatic carbocycles. The highest BCUT2D eigenvalue weighted by atomic mass is 16.5. The Hall–Kier alpha value is -2.67. The number of aromatic nitrogens is 2. The number of carbonyl (C=O) groups excluding carboxylic acids is 1. The molecule has 2 heterocycles. The van der Waals surface area contributed by atoms with Crippen molar-refractivity contribution in [2.45, 2.75) is 19.3 Å². The van der Waals surface area contributed by atoms with E-state index in [4.69, 9.17) is 4.74 Å². The highest BCUT2D eigenvalue weighted by Crippen LogP contribution is 2.16. The summed E-state index contributed by atoms with van der Waals surface area (Å²) in [6.07, 6.45) is 4.10. The normalized spacial score (nSPS) is 14.0. The van der Waals surface area contributed by atoms with E-state index in [0.29, 0.717) is 19.5 Å². The predicted octanol–water partition coefficient (Wildman–Crippen LogP) is 1.86. The Morgan fingerprint density at radius 2 is 1.96 bits per heavy atom. The van der Waals surface area contributed by atoms with Crippen LogP contribution in [0.25, 0.3) is 0 Å². The summed E-state index contributed by atoms with van der Waals surface area (Å²) in [6, 6.07) is 12.2. The Morgan fingerprint density at radius 1 is 1.15 bits per heavy atom. The van der Waals surface area contributed by atoms with Gasteiger partial charge in [-0.2, -0.15) is 5.10 Å². The molecule has 0 radical (unpaired) electrons. The number of hydrogen-bond acceptors (Lipinski definition) is 6. The highest BCUT2D eigenvalue weighted by molar-refractivity contribution is 5.75. The molecule has 1 aromatic heterocycles. The Morgan fingerprint density at radius 3 is 2.78 bits per heavy atom. The fraction of sp³-hybridized carbons (Fsp3) is 0.450. The van der Waals surface area contributed by atoms with Gasteiger partial charge in [0.25, 0.3) is 0 Å². The number of nitrogens with one attached hydrogen (secondary N) is 2. The molecule has 0 atom stereocenters. The summed E-state index contributed by atoms with van der Waals surface area (Å²) in [5.41, 5.74) is 2.31. The maximum atomic E-state index is 11.9. The Balaban J connectivity index is 1.32. The van der Waals surface area contributed by atoms with E-state index in [1.165, 1.54) is 5.56 Å². The van der Waals surface area contributed by atoms with Gasteiger partial charge in [-0.05, 0) is 18.4 Å². The van der Waals surface area contributed by atoms with Gasteiger partial charge in [0.2, 0.25) is 5.91 Å². The Kier molecular flexibility index (Phi) is 7.41. The molecule has 1 aliphatic rings. The molecule has 3 rings (SSSR count). The standard InChI is InChI=1S/C20H27N5O2/c26-20(8-4-7-17-5-2-1-3-6-17)22-10-9-21-19-15-18(16-23-24-19)25-11-13-27-14-12-25/h1-3,5-6,15-16H,4,7-14H2,(H,21,24)(H,22,26). The molecule has 0 saturated carbocycles. The lowest BCUT2D eigenvalue weighted by Crippen LogP contribution is -2.36. The lowest BCUT2D eigenvalue weighted by molar-refractivity contribution is -0.121. The van der Waals surface area contributed by atoms with Crippen molar-refractivity contribution in [3.05, 3.63) is 48.2 Å². The summed E-state index contributed by atoms with van der Waals surface area (Å²) < 4.78 is 5.37. The predicted molar refractivity (Wildman–Crippen MR) is 106 cm³/mol. The van der Waals surface area contributed by atoms with Crippen LogP contribution in [0.1, 0.15) is 18.4 Å². The van der Waals surface area contributed by atoms with Crippen LogP contribution in [0, 0.1) is 0 Å². The quantitative estimate of drug-likeness (QED) is 0.657. The molecule has 2 aromatic rings. The van der Waals surface area contributed by atoms with Crippen LogP contribution < -0.4 is 15.5 Å². The van der Waals surface area contributed by atoms with E-state index in [-0.39, 0.29) is 5.91 Å². The molecule has 1 saturated heterocycles. The van der Waals surface area contributed by atoms with Gasteiger partial charge in [-0.1, -0.05) is 30.3 Å². The van der Waals surface area contributed by atoms with Crippen molar-refractivity contribution in [1.29, 1.82) is 0 Å². The number of rotatable bonds is 9. The van der Waals surface area contributed by atoms with Crippen molar-refractivity contribution < 1.29 is 9.53 Å². The van der Waals surface area contributed by atoms with Crippen LogP contribution in [0.15, 0.2) is 42.6 Å². The SMILES string of the molecule is O=C(CCCc1ccccc1)NCCNc1cc(N2CCOCC2)cnn1. The molecule has 1 fully saturated rings. The lowest BCUT2D eigenvalue weighted by Gasteiger charge is -2.28. The van der Waals surface area contributed by atoms with Crippen LogP contribution in [0.3, 0.4) is 0 Å². The molecular weight excluding hydrogens is 342 g/mol. The Bertz CT molecular complexity index is 705. The minimum atomic E-state index is 0.0842. The van der Waals surface area contributed by atoms with Gasteiger partial charge in [0.1, 0.15) is 0 Å². The summed E-state index contributed by atoms with van der Waals surface area (Å²) in [6.45, 7) is 4.39. The number of aryl methyl sites for hydroxylation is 1. The van der Waals surface area contributed by atoms with E-state index < -0.39 is 0 Å². The highest BCUT2D eigenvalue weighted by Gasteiger charge is 2.12. The van der Waals surface area contributed by atoms with E-state index >= 15 is 0 Å². The van der Waals surface area contributed by atoms with Gasteiger partial charge in [-0.15, -0.1) is 5.10 Å². The zero-order chi connectivity index (χ0) is 18.7. The molecule has 0 bridgehead atoms. The van der Waals surface area contributed by atoms with Gasteiger partial charge >= 0.3 is 0 Å². The first-order valence-corrected chi connectivity index (χ1v) is 9.51. The maximum absolute atomic E-state index is 11.9. The summed E-state index contributed by atoms with van der Waals surface area (Å²) >= 11 is 0. The van der Waals surface area contributed by atoms with Gasteiger partial charge in [0.15, 0.2) is 5.82 Å². The Labute approximate surface area is 160 Å². The first kappa shape index (κ1) is 19.1. The number of carbonyl (C=O) groups is 1. The number of benzene rings is 1. The van der Waals surface area contributed by atoms with Crippen LogP contribution in [-0.4, -0.2) is 55.5 Å². The fourth-order valence-corrected chi connectivity index (χ4v) is 3.02. The van der Waals surface area contributed by atoms with Gasteiger partial charge in [0.05, 0.1) is 25.1 Å². The van der Waals surface area contributed by atoms with E-state index in [0.717, 1.165) is 50.7 Å². The maximum Gasteiger partial charge on any atom is 0.220 e. The number of ether oxygens (including phenoxy) is 1. The first-order valence-electron chi connectivity index (χ1n) is 9.51. The summed E-state index contributed by atoms with van der Waals surface area (Å²) in [5.74, 6) is 0.804. The minimum Gasteiger partial charge on any atom is -0.378 e. The number of nitrogens with zero attached hydrogens (tertiary/aromatic N) is 3. The number of amides is 1. The number of morpholine rings is 1. The average molecular weight is 369 g/mol. The summed E-state index contributed by atoms with van der Waals surface area (Å²) in [7, 11) is 0. The van der Waals surface area contributed by atoms with Crippen LogP contribution >= 0.6 is 0 Å². The zero-order valence-corrected chi connectivity index (χ0v) is 15.6. The molecule has 7 heteroatoms. The van der Waals surface area contributed by atoms with E-state index in [2.05, 4.69) is 37.9 Å². The summed E-state index contributed by atoms with van der Waals surface area (Å²) in [4.78, 5) is 14.2. The van der Waals surface area contributed by atoms with Gasteiger partial charge in [0, 0.05) is 38.7 Å². The van der Waals surface area contributed by atoms with E-state index in [1.807, 2.05) is 24.3 Å². The van der Waals surface area contributed by atoms with Crippen LogP contribution in [0.5, 0.6) is 0 Å². The van der Waals surface area contributed by atoms with Gasteiger partial charge < -0.3 is 20.3 Å². The third-order valence-corrected chi connectivity index (χ3v) is 4.48. The molecule has 7 nitrogen and oxygen atoms in total. The van der Waals surface area contributed by atoms with Crippen LogP contribution in [-0.2, 0) is 16.0 Å². The molecule has 2 N–H and O–H groups in total. The monoisotopic (exact) mass is 369 g/mol. The average Bonchev–Trinajstić information content (AvgIpc) is 2.73. The minimum absolute atomic E-state index is 0.0842. The van der Waals surface area contributed by atoms with Crippen molar-refractivity contribution in [3.63, 3.8) is 0 Å². The van der Waals surface area contributed by atoms with Crippen LogP contribution in [0.2, 0.25) is 0 Å². The second-order valence-corrected chi connectivity index (χ2v) is 6.51. The molecule has 0 unspecified atom stereocenters. The van der Waals surface area contributed by atoms with E-state index in [9.17, 15) is 4.79 Å². The van der Waals surface area contributed by atoms with Crippen molar-refractivity contribution in [1.82, 2.24) is 15.5 Å². The van der Waals surface area contributed by atoms with Gasteiger partial charge in [-0.3, -0.25) is 4.79 Å². The van der Waals surface area contributed by atoms with Crippen molar-refractivity contribution in [2.75, 3.05) is 49.6 Å². The zero-order valence-electron chi connectivity index (χ0n) is 15.6. The third-order valence-electron chi connectivity index (χ3n) is 4.48. The molecular formula is C20H27N5O2. The first-order chi connectivity index (χ1) is 13.3. The third kappa shape index (κ3) is 6.53. The second kappa shape index (κ2) is 10.5. The molecule has 1 amide bonds. The topological polar surface area (TPSA) is 79.4 Å². The number of hydrogen-bond donors (Lipinski definition) is 2. The summed E-state index contributed by atoms with van der Waals surface area (Å²) in [5, 5.41) is 14.3. The fourth-order valence-electron chi connectivity index (χ4n) is 3.02. The van der Waals surface area contributed by atoms with Crippen molar-refractivity contribution >= 4 is 17.4 Å². The van der Waals surface area contributed by atoms with Gasteiger partial charge in [-0.25, -0.2) is 0 Å². The smallest absolute Gasteiger partial charge is 0.220 e. The van der Waals surface area contributed by atoms with E-state index in [1.54, 1.807) is 6.20 Å².